The molecule has 3 N–H and O–H groups in total. The molecule has 2 rings (SSSR count). The van der Waals surface area contributed by atoms with E-state index in [9.17, 15) is 5.11 Å². The SMILES string of the molecule is COc1ccc(C#CCN)c(CN2CCC(O)C2)c1. The van der Waals surface area contributed by atoms with Gasteiger partial charge in [0, 0.05) is 25.2 Å². The highest BCUT2D eigenvalue weighted by molar-refractivity contribution is 5.45. The number of benzene rings is 1. The summed E-state index contributed by atoms with van der Waals surface area (Å²) in [7, 11) is 1.66. The van der Waals surface area contributed by atoms with Crippen LogP contribution >= 0.6 is 0 Å². The van der Waals surface area contributed by atoms with Crippen LogP contribution in [0.4, 0.5) is 0 Å². The lowest BCUT2D eigenvalue weighted by Crippen LogP contribution is -2.22. The number of rotatable bonds is 3. The molecule has 0 amide bonds. The Balaban J connectivity index is 2.19. The molecule has 4 nitrogen and oxygen atoms in total. The van der Waals surface area contributed by atoms with Crippen LogP contribution in [0.1, 0.15) is 17.5 Å². The molecule has 0 aliphatic carbocycles. The number of nitrogens with zero attached hydrogens (tertiary/aromatic N) is 1. The Labute approximate surface area is 114 Å². The van der Waals surface area contributed by atoms with Crippen LogP contribution in [-0.2, 0) is 6.54 Å². The number of likely N-dealkylation sites (tertiary alicyclic amines) is 1. The molecule has 1 aliphatic heterocycles. The Bertz CT molecular complexity index is 491. The molecule has 0 spiro atoms. The lowest BCUT2D eigenvalue weighted by Gasteiger charge is -2.16. The molecular formula is C15H20N2O2. The zero-order valence-electron chi connectivity index (χ0n) is 11.2. The van der Waals surface area contributed by atoms with Crippen molar-refractivity contribution in [3.63, 3.8) is 0 Å². The Hall–Kier alpha value is -1.54. The summed E-state index contributed by atoms with van der Waals surface area (Å²) in [6, 6.07) is 5.87. The van der Waals surface area contributed by atoms with Gasteiger partial charge in [-0.3, -0.25) is 4.90 Å². The highest BCUT2D eigenvalue weighted by atomic mass is 16.5. The van der Waals surface area contributed by atoms with Crippen molar-refractivity contribution in [1.82, 2.24) is 4.90 Å². The van der Waals surface area contributed by atoms with E-state index in [2.05, 4.69) is 16.7 Å². The molecule has 0 saturated carbocycles. The smallest absolute Gasteiger partial charge is 0.119 e. The third-order valence-electron chi connectivity index (χ3n) is 3.28. The van der Waals surface area contributed by atoms with Gasteiger partial charge < -0.3 is 15.6 Å². The first-order valence-electron chi connectivity index (χ1n) is 6.49. The molecule has 0 bridgehead atoms. The second kappa shape index (κ2) is 6.58. The van der Waals surface area contributed by atoms with Crippen LogP contribution in [0, 0.1) is 11.8 Å². The molecule has 0 radical (unpaired) electrons. The zero-order valence-corrected chi connectivity index (χ0v) is 11.2. The Morgan fingerprint density at radius 3 is 3.00 bits per heavy atom. The van der Waals surface area contributed by atoms with Crippen LogP contribution in [0.3, 0.4) is 0 Å². The number of ether oxygens (including phenoxy) is 1. The molecule has 1 aromatic rings. The van der Waals surface area contributed by atoms with Crippen molar-refractivity contribution in [2.24, 2.45) is 5.73 Å². The summed E-state index contributed by atoms with van der Waals surface area (Å²) in [5, 5.41) is 9.58. The monoisotopic (exact) mass is 260 g/mol. The van der Waals surface area contributed by atoms with Gasteiger partial charge in [-0.15, -0.1) is 0 Å². The maximum Gasteiger partial charge on any atom is 0.119 e. The number of methoxy groups -OCH3 is 1. The fraction of sp³-hybridized carbons (Fsp3) is 0.467. The van der Waals surface area contributed by atoms with Crippen molar-refractivity contribution in [3.05, 3.63) is 29.3 Å². The maximum absolute atomic E-state index is 9.58. The van der Waals surface area contributed by atoms with Gasteiger partial charge in [0.05, 0.1) is 19.8 Å². The van der Waals surface area contributed by atoms with Crippen LogP contribution in [-0.4, -0.2) is 42.9 Å². The quantitative estimate of drug-likeness (QED) is 0.780. The molecule has 19 heavy (non-hydrogen) atoms. The van der Waals surface area contributed by atoms with E-state index in [1.165, 1.54) is 0 Å². The van der Waals surface area contributed by atoms with Gasteiger partial charge >= 0.3 is 0 Å². The molecule has 0 aromatic heterocycles. The number of nitrogens with two attached hydrogens (primary N) is 1. The molecule has 1 heterocycles. The van der Waals surface area contributed by atoms with Gasteiger partial charge in [0.2, 0.25) is 0 Å². The third kappa shape index (κ3) is 3.71. The molecule has 1 atom stereocenters. The van der Waals surface area contributed by atoms with E-state index < -0.39 is 0 Å². The van der Waals surface area contributed by atoms with E-state index in [0.29, 0.717) is 6.54 Å². The number of β-amino-alcohol motifs (C(OH)–C–C–N with tert-alkyl or cyclic N) is 1. The summed E-state index contributed by atoms with van der Waals surface area (Å²) in [5.41, 5.74) is 7.52. The Morgan fingerprint density at radius 2 is 2.37 bits per heavy atom. The predicted octanol–water partition coefficient (Wildman–Crippen LogP) is 0.572. The first-order valence-corrected chi connectivity index (χ1v) is 6.49. The standard InChI is InChI=1S/C15H20N2O2/c1-19-15-5-4-12(3-2-7-16)13(9-15)10-17-8-6-14(18)11-17/h4-5,9,14,18H,6-8,10-11,16H2,1H3. The lowest BCUT2D eigenvalue weighted by atomic mass is 10.1. The minimum Gasteiger partial charge on any atom is -0.497 e. The maximum atomic E-state index is 9.58. The molecule has 4 heteroatoms. The summed E-state index contributed by atoms with van der Waals surface area (Å²) in [4.78, 5) is 2.23. The van der Waals surface area contributed by atoms with E-state index >= 15 is 0 Å². The number of aliphatic hydroxyl groups excluding tert-OH is 1. The van der Waals surface area contributed by atoms with Crippen molar-refractivity contribution in [3.8, 4) is 17.6 Å². The van der Waals surface area contributed by atoms with Crippen molar-refractivity contribution < 1.29 is 9.84 Å². The lowest BCUT2D eigenvalue weighted by molar-refractivity contribution is 0.174. The topological polar surface area (TPSA) is 58.7 Å². The fourth-order valence-electron chi connectivity index (χ4n) is 2.29. The molecular weight excluding hydrogens is 240 g/mol. The van der Waals surface area contributed by atoms with Gasteiger partial charge in [-0.2, -0.15) is 0 Å². The average Bonchev–Trinajstić information content (AvgIpc) is 2.82. The van der Waals surface area contributed by atoms with E-state index in [1.807, 2.05) is 18.2 Å². The summed E-state index contributed by atoms with van der Waals surface area (Å²) in [6.45, 7) is 2.78. The van der Waals surface area contributed by atoms with Crippen molar-refractivity contribution in [1.29, 1.82) is 0 Å². The van der Waals surface area contributed by atoms with Crippen LogP contribution in [0.2, 0.25) is 0 Å². The number of hydrogen-bond acceptors (Lipinski definition) is 4. The largest absolute Gasteiger partial charge is 0.497 e. The van der Waals surface area contributed by atoms with Gasteiger partial charge in [-0.1, -0.05) is 11.8 Å². The zero-order chi connectivity index (χ0) is 13.7. The summed E-state index contributed by atoms with van der Waals surface area (Å²) in [5.74, 6) is 6.80. The highest BCUT2D eigenvalue weighted by Crippen LogP contribution is 2.21. The van der Waals surface area contributed by atoms with E-state index in [4.69, 9.17) is 10.5 Å². The van der Waals surface area contributed by atoms with Crippen LogP contribution in [0.5, 0.6) is 5.75 Å². The molecule has 1 aromatic carbocycles. The van der Waals surface area contributed by atoms with Gasteiger partial charge in [-0.25, -0.2) is 0 Å². The minimum absolute atomic E-state index is 0.204. The molecule has 102 valence electrons. The van der Waals surface area contributed by atoms with Crippen LogP contribution in [0.15, 0.2) is 18.2 Å². The van der Waals surface area contributed by atoms with E-state index in [0.717, 1.165) is 42.9 Å². The molecule has 1 aliphatic rings. The first kappa shape index (κ1) is 13.9. The summed E-state index contributed by atoms with van der Waals surface area (Å²) in [6.07, 6.45) is 0.637. The van der Waals surface area contributed by atoms with Crippen molar-refractivity contribution in [2.75, 3.05) is 26.7 Å². The second-order valence-corrected chi connectivity index (χ2v) is 4.71. The van der Waals surface area contributed by atoms with E-state index in [-0.39, 0.29) is 6.10 Å². The van der Waals surface area contributed by atoms with Crippen LogP contribution < -0.4 is 10.5 Å². The molecule has 1 unspecified atom stereocenters. The first-order chi connectivity index (χ1) is 9.22. The number of hydrogen-bond donors (Lipinski definition) is 2. The average molecular weight is 260 g/mol. The molecule has 1 saturated heterocycles. The highest BCUT2D eigenvalue weighted by Gasteiger charge is 2.20. The summed E-state index contributed by atoms with van der Waals surface area (Å²) < 4.78 is 5.26. The Morgan fingerprint density at radius 1 is 1.53 bits per heavy atom. The van der Waals surface area contributed by atoms with Crippen LogP contribution in [0.25, 0.3) is 0 Å². The molecule has 1 fully saturated rings. The van der Waals surface area contributed by atoms with Crippen molar-refractivity contribution >= 4 is 0 Å². The van der Waals surface area contributed by atoms with Gasteiger partial charge in [-0.05, 0) is 30.2 Å². The Kier molecular flexibility index (Phi) is 4.80. The van der Waals surface area contributed by atoms with Gasteiger partial charge in [0.15, 0.2) is 0 Å². The normalized spacial score (nSPS) is 19.0. The van der Waals surface area contributed by atoms with Gasteiger partial charge in [0.25, 0.3) is 0 Å². The second-order valence-electron chi connectivity index (χ2n) is 4.71. The van der Waals surface area contributed by atoms with Gasteiger partial charge in [0.1, 0.15) is 5.75 Å². The van der Waals surface area contributed by atoms with Crippen molar-refractivity contribution in [2.45, 2.75) is 19.1 Å². The number of aliphatic hydroxyl groups is 1. The third-order valence-corrected chi connectivity index (χ3v) is 3.28. The van der Waals surface area contributed by atoms with E-state index in [1.54, 1.807) is 7.11 Å². The fourth-order valence-corrected chi connectivity index (χ4v) is 2.29. The summed E-state index contributed by atoms with van der Waals surface area (Å²) >= 11 is 0. The predicted molar refractivity (Wildman–Crippen MR) is 74.8 cm³/mol. The minimum atomic E-state index is -0.204.